The molecule has 0 aliphatic heterocycles. The maximum absolute atomic E-state index is 12.8. The van der Waals surface area contributed by atoms with E-state index >= 15 is 0 Å². The Hall–Kier alpha value is -4.67. The average molecular weight is 487 g/mol. The number of aromatic nitrogens is 6. The number of carbonyl (C=O) groups excluding carboxylic acids is 1. The summed E-state index contributed by atoms with van der Waals surface area (Å²) < 4.78 is 9.23. The van der Waals surface area contributed by atoms with Crippen molar-refractivity contribution in [2.75, 3.05) is 10.6 Å². The predicted octanol–water partition coefficient (Wildman–Crippen LogP) is 4.28. The Morgan fingerprint density at radius 2 is 1.83 bits per heavy atom. The van der Waals surface area contributed by atoms with Gasteiger partial charge < -0.3 is 15.0 Å². The molecule has 0 saturated heterocycles. The van der Waals surface area contributed by atoms with Crippen LogP contribution < -0.4 is 21.1 Å². The first-order valence-corrected chi connectivity index (χ1v) is 11.3. The van der Waals surface area contributed by atoms with E-state index < -0.39 is 6.03 Å². The number of urea groups is 1. The minimum Gasteiger partial charge on any atom is -0.454 e. The predicted molar refractivity (Wildman–Crippen MR) is 138 cm³/mol. The molecule has 5 rings (SSSR count). The fourth-order valence-electron chi connectivity index (χ4n) is 3.85. The molecule has 4 heterocycles. The molecule has 36 heavy (non-hydrogen) atoms. The Kier molecular flexibility index (Phi) is 5.47. The summed E-state index contributed by atoms with van der Waals surface area (Å²) >= 11 is 0. The number of benzene rings is 1. The summed E-state index contributed by atoms with van der Waals surface area (Å²) in [4.78, 5) is 36.4. The van der Waals surface area contributed by atoms with Crippen LogP contribution in [0.25, 0.3) is 22.1 Å². The molecule has 0 saturated carbocycles. The van der Waals surface area contributed by atoms with Crippen molar-refractivity contribution >= 4 is 39.6 Å². The quantitative estimate of drug-likeness (QED) is 0.347. The van der Waals surface area contributed by atoms with Gasteiger partial charge in [-0.3, -0.25) is 19.5 Å². The summed E-state index contributed by atoms with van der Waals surface area (Å²) in [6, 6.07) is 10.2. The molecule has 1 aromatic carbocycles. The lowest BCUT2D eigenvalue weighted by atomic mass is 9.92. The number of aromatic amines is 1. The molecule has 0 bridgehead atoms. The zero-order valence-electron chi connectivity index (χ0n) is 20.6. The van der Waals surface area contributed by atoms with Crippen LogP contribution in [-0.2, 0) is 19.5 Å². The minimum absolute atomic E-state index is 0.142. The zero-order chi connectivity index (χ0) is 25.6. The Morgan fingerprint density at radius 1 is 1.03 bits per heavy atom. The number of hydrogen-bond donors (Lipinski definition) is 3. The average Bonchev–Trinajstić information content (AvgIpc) is 3.35. The minimum atomic E-state index is -0.420. The van der Waals surface area contributed by atoms with Gasteiger partial charge in [0.2, 0.25) is 0 Å². The van der Waals surface area contributed by atoms with E-state index in [1.54, 1.807) is 55.4 Å². The van der Waals surface area contributed by atoms with Crippen molar-refractivity contribution in [1.29, 1.82) is 0 Å². The van der Waals surface area contributed by atoms with E-state index in [0.29, 0.717) is 45.1 Å². The van der Waals surface area contributed by atoms with Crippen LogP contribution in [0.4, 0.5) is 16.3 Å². The highest BCUT2D eigenvalue weighted by Crippen LogP contribution is 2.35. The summed E-state index contributed by atoms with van der Waals surface area (Å²) in [5.74, 6) is 1.54. The number of hydrogen-bond acceptors (Lipinski definition) is 6. The topological polar surface area (TPSA) is 132 Å². The van der Waals surface area contributed by atoms with Crippen LogP contribution in [-0.4, -0.2) is 35.3 Å². The van der Waals surface area contributed by atoms with Gasteiger partial charge in [0.25, 0.3) is 0 Å². The van der Waals surface area contributed by atoms with E-state index in [2.05, 4.69) is 51.5 Å². The zero-order valence-corrected chi connectivity index (χ0v) is 20.6. The number of amides is 2. The number of H-pyrrole nitrogens is 1. The molecule has 0 atom stereocenters. The van der Waals surface area contributed by atoms with Crippen LogP contribution in [0, 0.1) is 0 Å². The Morgan fingerprint density at radius 3 is 2.58 bits per heavy atom. The van der Waals surface area contributed by atoms with E-state index in [0.717, 1.165) is 5.69 Å². The van der Waals surface area contributed by atoms with Crippen molar-refractivity contribution in [3.63, 3.8) is 0 Å². The number of rotatable bonds is 4. The molecule has 3 N–H and O–H groups in total. The maximum Gasteiger partial charge on any atom is 0.327 e. The Labute approximate surface area is 206 Å². The molecule has 5 aromatic rings. The van der Waals surface area contributed by atoms with Crippen molar-refractivity contribution in [3.05, 3.63) is 65.0 Å². The fourth-order valence-corrected chi connectivity index (χ4v) is 3.85. The molecular weight excluding hydrogens is 460 g/mol. The Balaban J connectivity index is 1.44. The van der Waals surface area contributed by atoms with Crippen LogP contribution in [0.1, 0.15) is 26.5 Å². The van der Waals surface area contributed by atoms with Gasteiger partial charge in [-0.05, 0) is 24.3 Å². The normalized spacial score (nSPS) is 11.7. The largest absolute Gasteiger partial charge is 0.454 e. The van der Waals surface area contributed by atoms with Crippen LogP contribution in [0.3, 0.4) is 0 Å². The lowest BCUT2D eigenvalue weighted by Gasteiger charge is -2.14. The van der Waals surface area contributed by atoms with E-state index in [1.807, 2.05) is 12.1 Å². The number of nitrogens with one attached hydrogen (secondary N) is 3. The molecule has 11 nitrogen and oxygen atoms in total. The molecular formula is C25H26N8O3. The monoisotopic (exact) mass is 486 g/mol. The highest BCUT2D eigenvalue weighted by atomic mass is 16.5. The second kappa shape index (κ2) is 8.52. The third-order valence-electron chi connectivity index (χ3n) is 5.83. The molecule has 4 aromatic heterocycles. The summed E-state index contributed by atoms with van der Waals surface area (Å²) in [5, 5.41) is 10.9. The number of ether oxygens (including phenoxy) is 1. The molecule has 0 aliphatic rings. The first-order valence-electron chi connectivity index (χ1n) is 11.3. The molecule has 0 unspecified atom stereocenters. The summed E-state index contributed by atoms with van der Waals surface area (Å²) in [6.07, 6.45) is 3.22. The number of aryl methyl sites for hydroxylation is 2. The van der Waals surface area contributed by atoms with E-state index in [1.165, 1.54) is 4.57 Å². The number of carbonyl (C=O) groups is 1. The van der Waals surface area contributed by atoms with Crippen molar-refractivity contribution < 1.29 is 9.53 Å². The van der Waals surface area contributed by atoms with Gasteiger partial charge in [-0.25, -0.2) is 14.6 Å². The van der Waals surface area contributed by atoms with Gasteiger partial charge in [0.1, 0.15) is 17.1 Å². The van der Waals surface area contributed by atoms with Crippen molar-refractivity contribution in [2.45, 2.75) is 26.2 Å². The molecule has 184 valence electrons. The molecule has 0 spiro atoms. The lowest BCUT2D eigenvalue weighted by Crippen LogP contribution is -2.21. The number of imidazole rings is 1. The number of nitrogens with zero attached hydrogens (tertiary/aromatic N) is 5. The Bertz CT molecular complexity index is 1670. The fraction of sp³-hybridized carbons (Fsp3) is 0.240. The third kappa shape index (κ3) is 4.15. The van der Waals surface area contributed by atoms with Gasteiger partial charge >= 0.3 is 11.7 Å². The van der Waals surface area contributed by atoms with Gasteiger partial charge in [0.05, 0.1) is 16.9 Å². The molecule has 2 amide bonds. The van der Waals surface area contributed by atoms with Crippen molar-refractivity contribution in [2.24, 2.45) is 14.1 Å². The molecule has 11 heteroatoms. The van der Waals surface area contributed by atoms with Gasteiger partial charge in [-0.1, -0.05) is 20.8 Å². The van der Waals surface area contributed by atoms with E-state index in [4.69, 9.17) is 4.74 Å². The number of fused-ring (bicyclic) bond motifs is 2. The SMILES string of the molecule is Cn1nc(C(C)(C)C)cc1NC(=O)Nc1ccc(Oc2ccnc3c2[nH]c(=O)n3C)c2cccnc12. The van der Waals surface area contributed by atoms with Crippen LogP contribution in [0.2, 0.25) is 0 Å². The highest BCUT2D eigenvalue weighted by Gasteiger charge is 2.20. The smallest absolute Gasteiger partial charge is 0.327 e. The summed E-state index contributed by atoms with van der Waals surface area (Å²) in [7, 11) is 3.42. The number of anilines is 2. The number of pyridine rings is 2. The molecule has 0 aliphatic carbocycles. The van der Waals surface area contributed by atoms with Crippen molar-refractivity contribution in [1.82, 2.24) is 29.3 Å². The third-order valence-corrected chi connectivity index (χ3v) is 5.83. The maximum atomic E-state index is 12.8. The summed E-state index contributed by atoms with van der Waals surface area (Å²) in [6.45, 7) is 6.19. The lowest BCUT2D eigenvalue weighted by molar-refractivity contribution is 0.262. The van der Waals surface area contributed by atoms with E-state index in [9.17, 15) is 9.59 Å². The van der Waals surface area contributed by atoms with Crippen LogP contribution in [0.5, 0.6) is 11.5 Å². The van der Waals surface area contributed by atoms with Crippen molar-refractivity contribution in [3.8, 4) is 11.5 Å². The van der Waals surface area contributed by atoms with Crippen LogP contribution in [0.15, 0.2) is 53.6 Å². The second-order valence-electron chi connectivity index (χ2n) is 9.48. The van der Waals surface area contributed by atoms with Gasteiger partial charge in [0, 0.05) is 49.4 Å². The van der Waals surface area contributed by atoms with Crippen LogP contribution >= 0.6 is 0 Å². The first kappa shape index (κ1) is 23.1. The van der Waals surface area contributed by atoms with Gasteiger partial charge in [-0.2, -0.15) is 5.10 Å². The molecule has 0 fully saturated rings. The van der Waals surface area contributed by atoms with E-state index in [-0.39, 0.29) is 11.1 Å². The second-order valence-corrected chi connectivity index (χ2v) is 9.48. The van der Waals surface area contributed by atoms with Gasteiger partial charge in [0.15, 0.2) is 11.4 Å². The highest BCUT2D eigenvalue weighted by molar-refractivity contribution is 6.06. The van der Waals surface area contributed by atoms with Gasteiger partial charge in [-0.15, -0.1) is 0 Å². The molecule has 0 radical (unpaired) electrons. The standard InChI is InChI=1S/C25H26N8O3/c1-25(2,3)18-13-19(33(5)31-18)29-23(34)28-15-8-9-16(14-7-6-11-26-20(14)15)36-17-10-12-27-22-21(17)30-24(35)32(22)4/h6-13H,1-5H3,(H,30,35)(H2,28,29,34). The summed E-state index contributed by atoms with van der Waals surface area (Å²) in [5.41, 5.74) is 2.50. The first-order chi connectivity index (χ1) is 17.1.